The van der Waals surface area contributed by atoms with Crippen molar-refractivity contribution in [1.29, 1.82) is 0 Å². The molecule has 2 aliphatic rings. The van der Waals surface area contributed by atoms with Crippen molar-refractivity contribution in [2.45, 2.75) is 150 Å². The van der Waals surface area contributed by atoms with Crippen LogP contribution in [0.4, 0.5) is 0 Å². The number of hydrogen-bond donors (Lipinski definition) is 0. The van der Waals surface area contributed by atoms with Crippen LogP contribution in [0.5, 0.6) is 0 Å². The van der Waals surface area contributed by atoms with Crippen molar-refractivity contribution in [3.8, 4) is 0 Å². The van der Waals surface area contributed by atoms with Gasteiger partial charge in [0.1, 0.15) is 0 Å². The highest BCUT2D eigenvalue weighted by molar-refractivity contribution is 7.69. The number of fused-ring (bicyclic) bond motifs is 1. The molecule has 2 aromatic carbocycles. The molecule has 2 heterocycles. The smallest absolute Gasteiger partial charge is 0.00923 e. The van der Waals surface area contributed by atoms with Gasteiger partial charge in [0.2, 0.25) is 0 Å². The first-order valence-corrected chi connectivity index (χ1v) is 19.8. The Morgan fingerprint density at radius 1 is 0.674 bits per heavy atom. The molecule has 0 radical (unpaired) electrons. The zero-order valence-corrected chi connectivity index (χ0v) is 34.0. The summed E-state index contributed by atoms with van der Waals surface area (Å²) < 4.78 is 0. The van der Waals surface area contributed by atoms with E-state index >= 15 is 0 Å². The molecule has 3 heteroatoms. The Morgan fingerprint density at radius 2 is 1.15 bits per heavy atom. The summed E-state index contributed by atoms with van der Waals surface area (Å²) >= 11 is 0. The van der Waals surface area contributed by atoms with E-state index in [4.69, 9.17) is 5.32 Å². The fraction of sp³-hybridized carbons (Fsp3) is 0.558. The summed E-state index contributed by atoms with van der Waals surface area (Å²) in [5.74, 6) is 4.85. The maximum Gasteiger partial charge on any atom is 0.00923 e. The van der Waals surface area contributed by atoms with E-state index in [1.54, 1.807) is 10.9 Å². The third-order valence-electron chi connectivity index (χ3n) is 9.36. The second kappa shape index (κ2) is 12.2. The van der Waals surface area contributed by atoms with E-state index in [-0.39, 0.29) is 32.5 Å². The molecule has 46 heavy (non-hydrogen) atoms. The third kappa shape index (κ3) is 8.01. The summed E-state index contributed by atoms with van der Waals surface area (Å²) in [5.41, 5.74) is 11.5. The van der Waals surface area contributed by atoms with Crippen molar-refractivity contribution in [1.82, 2.24) is 0 Å². The van der Waals surface area contributed by atoms with Gasteiger partial charge < -0.3 is 5.32 Å². The zero-order valence-electron chi connectivity index (χ0n) is 32.2. The van der Waals surface area contributed by atoms with Gasteiger partial charge in [-0.2, -0.15) is 0 Å². The number of rotatable bonds is 3. The molecule has 1 atom stereocenters. The lowest BCUT2D eigenvalue weighted by atomic mass is 9.75. The molecule has 0 bridgehead atoms. The third-order valence-corrected chi connectivity index (χ3v) is 13.3. The Morgan fingerprint density at radius 3 is 1.63 bits per heavy atom. The lowest BCUT2D eigenvalue weighted by Crippen LogP contribution is -2.29. The molecule has 0 saturated carbocycles. The molecule has 4 rings (SSSR count). The van der Waals surface area contributed by atoms with Crippen LogP contribution in [0.3, 0.4) is 0 Å². The predicted molar refractivity (Wildman–Crippen MR) is 212 cm³/mol. The standard InChI is InChI=1S/C43H62NP2/c1-38(2,3)28-21-32(40(7,8)9)36(33(22-28)41(10,11)12)45-25-30-19-18-20-31(44-30)26-46-27-43(16,17)35-24-29(39(4,5)6)23-34(37(35)46)42(13,14)15/h18-26H,27H2,1-17H3/q-1/b31-26-. The summed E-state index contributed by atoms with van der Waals surface area (Å²) in [4.78, 5) is 0. The summed E-state index contributed by atoms with van der Waals surface area (Å²) in [7, 11) is 0.723. The molecule has 0 amide bonds. The molecule has 0 fully saturated rings. The minimum atomic E-state index is -0.484. The average Bonchev–Trinajstić information content (AvgIpc) is 3.13. The normalized spacial score (nSPS) is 19.9. The molecular formula is C43H62NP2-. The van der Waals surface area contributed by atoms with Gasteiger partial charge in [0.15, 0.2) is 0 Å². The Hall–Kier alpha value is -1.94. The molecular weight excluding hydrogens is 592 g/mol. The Bertz CT molecular complexity index is 1570. The van der Waals surface area contributed by atoms with E-state index < -0.39 is 7.92 Å². The Kier molecular flexibility index (Phi) is 9.77. The molecule has 0 aromatic heterocycles. The van der Waals surface area contributed by atoms with Gasteiger partial charge in [-0.15, -0.1) is 11.4 Å². The van der Waals surface area contributed by atoms with Crippen LogP contribution in [0.1, 0.15) is 151 Å². The molecule has 2 aromatic rings. The minimum absolute atomic E-state index is 0.0450. The highest BCUT2D eigenvalue weighted by Gasteiger charge is 2.40. The van der Waals surface area contributed by atoms with E-state index in [0.29, 0.717) is 0 Å². The van der Waals surface area contributed by atoms with E-state index in [9.17, 15) is 0 Å². The predicted octanol–water partition coefficient (Wildman–Crippen LogP) is 12.3. The van der Waals surface area contributed by atoms with Crippen molar-refractivity contribution < 1.29 is 0 Å². The van der Waals surface area contributed by atoms with E-state index in [2.05, 4.69) is 172 Å². The van der Waals surface area contributed by atoms with Crippen LogP contribution in [-0.2, 0) is 32.5 Å². The average molecular weight is 655 g/mol. The molecule has 0 N–H and O–H groups in total. The number of allylic oxidation sites excluding steroid dienone is 4. The number of nitrogens with zero attached hydrogens (tertiary/aromatic N) is 1. The van der Waals surface area contributed by atoms with Gasteiger partial charge in [0, 0.05) is 5.30 Å². The molecule has 250 valence electrons. The summed E-state index contributed by atoms with van der Waals surface area (Å²) in [5, 5.41) is 8.29. The van der Waals surface area contributed by atoms with Gasteiger partial charge in [0.25, 0.3) is 0 Å². The van der Waals surface area contributed by atoms with E-state index in [1.807, 2.05) is 0 Å². The first kappa shape index (κ1) is 36.9. The van der Waals surface area contributed by atoms with Crippen LogP contribution >= 0.6 is 16.1 Å². The lowest BCUT2D eigenvalue weighted by molar-refractivity contribution is 0.554. The molecule has 2 aliphatic heterocycles. The van der Waals surface area contributed by atoms with Crippen molar-refractivity contribution in [2.24, 2.45) is 0 Å². The monoisotopic (exact) mass is 654 g/mol. The van der Waals surface area contributed by atoms with E-state index in [0.717, 1.165) is 11.4 Å². The van der Waals surface area contributed by atoms with Crippen LogP contribution in [0, 0.1) is 0 Å². The molecule has 0 saturated heterocycles. The fourth-order valence-corrected chi connectivity index (χ4v) is 11.2. The van der Waals surface area contributed by atoms with Crippen molar-refractivity contribution in [2.75, 3.05) is 6.16 Å². The number of hydrogen-bond acceptors (Lipinski definition) is 0. The van der Waals surface area contributed by atoms with Crippen molar-refractivity contribution >= 4 is 32.5 Å². The first-order chi connectivity index (χ1) is 20.7. The van der Waals surface area contributed by atoms with Crippen molar-refractivity contribution in [3.63, 3.8) is 0 Å². The lowest BCUT2D eigenvalue weighted by Gasteiger charge is -2.33. The SMILES string of the molecule is CC(C)(C)c1cc(C(C)(C)C)c(P=CC2=CC=C/C(=C/P3CC(C)(C)c4cc(C(C)(C)C)cc(C(C)(C)C)c43)[N-]2)c(C(C)(C)C)c1. The van der Waals surface area contributed by atoms with Gasteiger partial charge in [0.05, 0.1) is 0 Å². The van der Waals surface area contributed by atoms with Crippen molar-refractivity contribution in [3.05, 3.63) is 98.4 Å². The van der Waals surface area contributed by atoms with Crippen LogP contribution < -0.4 is 10.6 Å². The minimum Gasteiger partial charge on any atom is -0.658 e. The zero-order chi connectivity index (χ0) is 34.8. The van der Waals surface area contributed by atoms with Gasteiger partial charge >= 0.3 is 0 Å². The summed E-state index contributed by atoms with van der Waals surface area (Å²) in [6.07, 6.45) is 7.76. The van der Waals surface area contributed by atoms with Crippen LogP contribution in [-0.4, -0.2) is 12.0 Å². The highest BCUT2D eigenvalue weighted by atomic mass is 31.1. The van der Waals surface area contributed by atoms with Crippen LogP contribution in [0.15, 0.2) is 59.7 Å². The van der Waals surface area contributed by atoms with Crippen LogP contribution in [0.2, 0.25) is 0 Å². The maximum absolute atomic E-state index is 5.26. The molecule has 1 nitrogen and oxygen atoms in total. The Labute approximate surface area is 286 Å². The van der Waals surface area contributed by atoms with Crippen LogP contribution in [0.25, 0.3) is 5.32 Å². The second-order valence-corrected chi connectivity index (χ2v) is 22.4. The number of benzene rings is 2. The van der Waals surface area contributed by atoms with E-state index in [1.165, 1.54) is 47.5 Å². The Balaban J connectivity index is 1.75. The molecule has 0 spiro atoms. The quantitative estimate of drug-likeness (QED) is 0.293. The maximum atomic E-state index is 5.26. The van der Waals surface area contributed by atoms with Gasteiger partial charge in [-0.05, 0) is 83.1 Å². The largest absolute Gasteiger partial charge is 0.658 e. The molecule has 0 aliphatic carbocycles. The summed E-state index contributed by atoms with van der Waals surface area (Å²) in [6.45, 7) is 40.2. The second-order valence-electron chi connectivity index (χ2n) is 19.5. The summed E-state index contributed by atoms with van der Waals surface area (Å²) in [6, 6.07) is 10.00. The van der Waals surface area contributed by atoms with Gasteiger partial charge in [-0.25, -0.2) is 0 Å². The molecule has 1 unspecified atom stereocenters. The van der Waals surface area contributed by atoms with Gasteiger partial charge in [-0.3, -0.25) is 0 Å². The van der Waals surface area contributed by atoms with Gasteiger partial charge in [-0.1, -0.05) is 182 Å². The first-order valence-electron chi connectivity index (χ1n) is 17.2. The topological polar surface area (TPSA) is 14.1 Å². The fourth-order valence-electron chi connectivity index (χ4n) is 6.42. The highest BCUT2D eigenvalue weighted by Crippen LogP contribution is 2.55.